The Morgan fingerprint density at radius 3 is 2.68 bits per heavy atom. The number of fused-ring (bicyclic) bond motifs is 1. The van der Waals surface area contributed by atoms with E-state index in [1.165, 1.54) is 18.9 Å². The van der Waals surface area contributed by atoms with Crippen LogP contribution in [0, 0.1) is 5.92 Å². The number of aromatic nitrogens is 4. The van der Waals surface area contributed by atoms with E-state index in [2.05, 4.69) is 49.9 Å². The van der Waals surface area contributed by atoms with Gasteiger partial charge in [0, 0.05) is 15.5 Å². The van der Waals surface area contributed by atoms with E-state index in [9.17, 15) is 18.0 Å². The van der Waals surface area contributed by atoms with Gasteiger partial charge in [0.25, 0.3) is 5.91 Å². The maximum atomic E-state index is 12.8. The third-order valence-electron chi connectivity index (χ3n) is 5.69. The molecule has 3 aromatic heterocycles. The van der Waals surface area contributed by atoms with Gasteiger partial charge in [-0.3, -0.25) is 9.48 Å². The monoisotopic (exact) mass is 543 g/mol. The fraction of sp³-hybridized carbons (Fsp3) is 0.429. The molecule has 0 radical (unpaired) electrons. The van der Waals surface area contributed by atoms with Crippen molar-refractivity contribution in [2.75, 3.05) is 5.32 Å². The van der Waals surface area contributed by atoms with Crippen molar-refractivity contribution in [1.29, 1.82) is 0 Å². The van der Waals surface area contributed by atoms with Gasteiger partial charge in [-0.05, 0) is 49.8 Å². The minimum Gasteiger partial charge on any atom is -0.305 e. The van der Waals surface area contributed by atoms with Crippen molar-refractivity contribution in [3.63, 3.8) is 0 Å². The highest BCUT2D eigenvalue weighted by atomic mass is 127. The highest BCUT2D eigenvalue weighted by molar-refractivity contribution is 14.1. The predicted molar refractivity (Wildman–Crippen MR) is 119 cm³/mol. The molecule has 1 aliphatic carbocycles. The Hall–Kier alpha value is -2.24. The number of alkyl halides is 4. The lowest BCUT2D eigenvalue weighted by molar-refractivity contribution is -0.141. The second-order valence-corrected chi connectivity index (χ2v) is 9.81. The van der Waals surface area contributed by atoms with Gasteiger partial charge in [-0.25, -0.2) is 9.97 Å². The quantitative estimate of drug-likeness (QED) is 0.341. The number of anilines is 1. The Bertz CT molecular complexity index is 1090. The number of nitrogens with zero attached hydrogens (tertiary/aromatic N) is 4. The standard InChI is InChI=1S/C21H21F3IN5O/c1-12(25)13-5-7-15(8-6-13)30-11-14-9-19(26-10-17(14)29-30)28-20(31)16-3-2-4-18(27-16)21(22,23)24/h2-4,9-13,15H,5-8H2,1H3,(H,28,31)/t12-,13?,15?/m0/s1. The number of rotatable bonds is 4. The number of carbonyl (C=O) groups is 1. The first kappa shape index (κ1) is 22.0. The number of pyridine rings is 2. The van der Waals surface area contributed by atoms with Crippen LogP contribution in [0.25, 0.3) is 10.9 Å². The molecule has 164 valence electrons. The van der Waals surface area contributed by atoms with E-state index in [1.807, 2.05) is 10.9 Å². The van der Waals surface area contributed by atoms with Gasteiger partial charge >= 0.3 is 6.18 Å². The van der Waals surface area contributed by atoms with Crippen molar-refractivity contribution in [3.8, 4) is 0 Å². The molecule has 1 fully saturated rings. The van der Waals surface area contributed by atoms with Gasteiger partial charge in [0.05, 0.1) is 12.2 Å². The van der Waals surface area contributed by atoms with Gasteiger partial charge in [-0.2, -0.15) is 18.3 Å². The van der Waals surface area contributed by atoms with Gasteiger partial charge in [0.2, 0.25) is 0 Å². The molecular formula is C21H21F3IN5O. The maximum absolute atomic E-state index is 12.8. The molecule has 3 heterocycles. The van der Waals surface area contributed by atoms with E-state index in [4.69, 9.17) is 0 Å². The molecule has 0 saturated heterocycles. The van der Waals surface area contributed by atoms with Crippen molar-refractivity contribution in [2.45, 2.75) is 48.7 Å². The molecule has 31 heavy (non-hydrogen) atoms. The van der Waals surface area contributed by atoms with Crippen LogP contribution in [0.15, 0.2) is 36.7 Å². The van der Waals surface area contributed by atoms with E-state index in [0.717, 1.165) is 36.3 Å². The first-order valence-corrected chi connectivity index (χ1v) is 11.3. The first-order chi connectivity index (χ1) is 14.7. The summed E-state index contributed by atoms with van der Waals surface area (Å²) >= 11 is 2.49. The molecule has 0 spiro atoms. The summed E-state index contributed by atoms with van der Waals surface area (Å²) in [5, 5.41) is 7.96. The summed E-state index contributed by atoms with van der Waals surface area (Å²) in [6, 6.07) is 5.21. The predicted octanol–water partition coefficient (Wildman–Crippen LogP) is 5.65. The molecule has 1 N–H and O–H groups in total. The van der Waals surface area contributed by atoms with Crippen LogP contribution in [0.1, 0.15) is 54.8 Å². The summed E-state index contributed by atoms with van der Waals surface area (Å²) in [7, 11) is 0. The normalized spacial score (nSPS) is 20.5. The smallest absolute Gasteiger partial charge is 0.305 e. The van der Waals surface area contributed by atoms with Crippen molar-refractivity contribution in [3.05, 3.63) is 48.0 Å². The van der Waals surface area contributed by atoms with Gasteiger partial charge < -0.3 is 5.32 Å². The van der Waals surface area contributed by atoms with Crippen LogP contribution in [0.2, 0.25) is 0 Å². The number of carbonyl (C=O) groups excluding carboxylic acids is 1. The van der Waals surface area contributed by atoms with Gasteiger partial charge in [0.1, 0.15) is 22.7 Å². The zero-order chi connectivity index (χ0) is 22.2. The van der Waals surface area contributed by atoms with Crippen molar-refractivity contribution in [1.82, 2.24) is 19.7 Å². The number of hydrogen-bond donors (Lipinski definition) is 1. The van der Waals surface area contributed by atoms with E-state index in [0.29, 0.717) is 15.5 Å². The average molecular weight is 543 g/mol. The van der Waals surface area contributed by atoms with E-state index in [1.54, 1.807) is 12.3 Å². The molecule has 1 atom stereocenters. The highest BCUT2D eigenvalue weighted by Gasteiger charge is 2.33. The summed E-state index contributed by atoms with van der Waals surface area (Å²) < 4.78 is 41.1. The highest BCUT2D eigenvalue weighted by Crippen LogP contribution is 2.36. The zero-order valence-electron chi connectivity index (χ0n) is 16.7. The first-order valence-electron chi connectivity index (χ1n) is 10.1. The molecule has 4 rings (SSSR count). The Kier molecular flexibility index (Phi) is 6.18. The Morgan fingerprint density at radius 2 is 2.00 bits per heavy atom. The number of amides is 1. The van der Waals surface area contributed by atoms with Gasteiger partial charge in [-0.1, -0.05) is 35.6 Å². The third kappa shape index (κ3) is 4.99. The van der Waals surface area contributed by atoms with Crippen LogP contribution in [0.5, 0.6) is 0 Å². The van der Waals surface area contributed by atoms with Crippen LogP contribution < -0.4 is 5.32 Å². The number of nitrogens with one attached hydrogen (secondary N) is 1. The Balaban J connectivity index is 1.48. The summed E-state index contributed by atoms with van der Waals surface area (Å²) in [6.45, 7) is 2.25. The molecular weight excluding hydrogens is 522 g/mol. The van der Waals surface area contributed by atoms with Gasteiger partial charge in [-0.15, -0.1) is 0 Å². The average Bonchev–Trinajstić information content (AvgIpc) is 3.16. The lowest BCUT2D eigenvalue weighted by atomic mass is 9.84. The fourth-order valence-electron chi connectivity index (χ4n) is 3.93. The molecule has 6 nitrogen and oxygen atoms in total. The molecule has 1 saturated carbocycles. The minimum atomic E-state index is -4.62. The third-order valence-corrected chi connectivity index (χ3v) is 6.70. The van der Waals surface area contributed by atoms with Crippen molar-refractivity contribution in [2.24, 2.45) is 5.92 Å². The summed E-state index contributed by atoms with van der Waals surface area (Å²) in [6.07, 6.45) is 3.38. The van der Waals surface area contributed by atoms with E-state index < -0.39 is 17.8 Å². The molecule has 10 heteroatoms. The van der Waals surface area contributed by atoms with Crippen LogP contribution in [-0.4, -0.2) is 29.6 Å². The Morgan fingerprint density at radius 1 is 1.26 bits per heavy atom. The molecule has 0 aliphatic heterocycles. The van der Waals surface area contributed by atoms with Crippen molar-refractivity contribution < 1.29 is 18.0 Å². The SMILES string of the molecule is C[C@H](I)C1CCC(n2cc3cc(NC(=O)c4cccc(C(F)(F)F)n4)ncc3n2)CC1. The number of hydrogen-bond acceptors (Lipinski definition) is 4. The van der Waals surface area contributed by atoms with Gasteiger partial charge in [0.15, 0.2) is 0 Å². The van der Waals surface area contributed by atoms with Crippen LogP contribution in [0.4, 0.5) is 19.0 Å². The molecule has 1 aliphatic rings. The molecule has 0 bridgehead atoms. The van der Waals surface area contributed by atoms with Crippen LogP contribution >= 0.6 is 22.6 Å². The molecule has 3 aromatic rings. The summed E-state index contributed by atoms with van der Waals surface area (Å²) in [5.41, 5.74) is -0.732. The summed E-state index contributed by atoms with van der Waals surface area (Å²) in [5.74, 6) is 0.227. The summed E-state index contributed by atoms with van der Waals surface area (Å²) in [4.78, 5) is 19.9. The zero-order valence-corrected chi connectivity index (χ0v) is 18.9. The lowest BCUT2D eigenvalue weighted by Crippen LogP contribution is -2.22. The molecule has 1 amide bonds. The van der Waals surface area contributed by atoms with Crippen LogP contribution in [0.3, 0.4) is 0 Å². The lowest BCUT2D eigenvalue weighted by Gasteiger charge is -2.30. The van der Waals surface area contributed by atoms with E-state index in [-0.39, 0.29) is 11.5 Å². The number of halogens is 4. The second kappa shape index (κ2) is 8.71. The van der Waals surface area contributed by atoms with Crippen LogP contribution in [-0.2, 0) is 6.18 Å². The largest absolute Gasteiger partial charge is 0.433 e. The Labute approximate surface area is 190 Å². The van der Waals surface area contributed by atoms with Crippen molar-refractivity contribution >= 4 is 45.2 Å². The van der Waals surface area contributed by atoms with E-state index >= 15 is 0 Å². The molecule has 0 aromatic carbocycles. The fourth-order valence-corrected chi connectivity index (χ4v) is 4.65. The minimum absolute atomic E-state index is 0.235. The topological polar surface area (TPSA) is 72.7 Å². The molecule has 0 unspecified atom stereocenters. The second-order valence-electron chi connectivity index (χ2n) is 7.84. The maximum Gasteiger partial charge on any atom is 0.433 e.